The van der Waals surface area contributed by atoms with Gasteiger partial charge in [-0.1, -0.05) is 38.3 Å². The zero-order valence-corrected chi connectivity index (χ0v) is 14.6. The van der Waals surface area contributed by atoms with Gasteiger partial charge in [0, 0.05) is 12.6 Å². The van der Waals surface area contributed by atoms with Gasteiger partial charge in [0.1, 0.15) is 5.75 Å². The fourth-order valence-electron chi connectivity index (χ4n) is 2.21. The number of ether oxygens (including phenoxy) is 1. The van der Waals surface area contributed by atoms with Crippen molar-refractivity contribution < 1.29 is 14.6 Å². The Morgan fingerprint density at radius 3 is 2.50 bits per heavy atom. The number of hydrogen-bond donors (Lipinski definition) is 3. The van der Waals surface area contributed by atoms with Crippen LogP contribution in [0.1, 0.15) is 37.0 Å². The van der Waals surface area contributed by atoms with Gasteiger partial charge in [0.25, 0.3) is 5.91 Å². The normalized spacial score (nSPS) is 11.7. The molecule has 7 heteroatoms. The van der Waals surface area contributed by atoms with Crippen LogP contribution in [0.25, 0.3) is 0 Å². The zero-order valence-electron chi connectivity index (χ0n) is 13.1. The number of halogens is 2. The lowest BCUT2D eigenvalue weighted by Gasteiger charge is -2.20. The molecule has 126 valence electrons. The summed E-state index contributed by atoms with van der Waals surface area (Å²) in [5, 5.41) is 13.0. The Labute approximate surface area is 142 Å². The van der Waals surface area contributed by atoms with E-state index < -0.39 is 6.10 Å². The molecule has 1 aromatic carbocycles. The van der Waals surface area contributed by atoms with Crippen LogP contribution in [-0.2, 0) is 0 Å². The molecule has 1 unspecified atom stereocenters. The molecule has 0 saturated carbocycles. The van der Waals surface area contributed by atoms with Crippen LogP contribution in [0.4, 0.5) is 5.69 Å². The molecule has 0 saturated heterocycles. The highest BCUT2D eigenvalue weighted by molar-refractivity contribution is 6.33. The Morgan fingerprint density at radius 1 is 1.41 bits per heavy atom. The maximum atomic E-state index is 12.2. The quantitative estimate of drug-likeness (QED) is 0.660. The maximum absolute atomic E-state index is 12.2. The van der Waals surface area contributed by atoms with E-state index >= 15 is 0 Å². The van der Waals surface area contributed by atoms with Crippen molar-refractivity contribution in [2.45, 2.75) is 32.8 Å². The van der Waals surface area contributed by atoms with E-state index in [0.717, 1.165) is 12.8 Å². The Balaban J connectivity index is 0.00000441. The molecule has 1 atom stereocenters. The number of benzene rings is 1. The molecule has 0 spiro atoms. The van der Waals surface area contributed by atoms with E-state index in [1.807, 2.05) is 13.8 Å². The summed E-state index contributed by atoms with van der Waals surface area (Å²) in [6.45, 7) is 4.22. The van der Waals surface area contributed by atoms with Crippen LogP contribution >= 0.6 is 24.0 Å². The lowest BCUT2D eigenvalue weighted by Crippen LogP contribution is -2.36. The minimum atomic E-state index is -0.570. The minimum Gasteiger partial charge on any atom is -0.496 e. The highest BCUT2D eigenvalue weighted by Gasteiger charge is 2.19. The minimum absolute atomic E-state index is 0. The van der Waals surface area contributed by atoms with Gasteiger partial charge in [-0.15, -0.1) is 12.4 Å². The van der Waals surface area contributed by atoms with E-state index in [4.69, 9.17) is 22.1 Å². The molecule has 0 heterocycles. The summed E-state index contributed by atoms with van der Waals surface area (Å²) in [5.74, 6) is 0.174. The number of anilines is 1. The summed E-state index contributed by atoms with van der Waals surface area (Å²) in [5.41, 5.74) is 6.33. The number of nitrogen functional groups attached to an aromatic ring is 1. The lowest BCUT2D eigenvalue weighted by atomic mass is 9.96. The molecule has 0 aliphatic rings. The first-order chi connectivity index (χ1) is 9.94. The van der Waals surface area contributed by atoms with E-state index in [0.29, 0.717) is 22.0 Å². The fourth-order valence-corrected chi connectivity index (χ4v) is 2.37. The van der Waals surface area contributed by atoms with Gasteiger partial charge in [-0.05, 0) is 12.0 Å². The molecule has 0 radical (unpaired) electrons. The second kappa shape index (κ2) is 9.77. The summed E-state index contributed by atoms with van der Waals surface area (Å²) in [6.07, 6.45) is 1.16. The lowest BCUT2D eigenvalue weighted by molar-refractivity contribution is 0.0814. The van der Waals surface area contributed by atoms with Gasteiger partial charge < -0.3 is 20.9 Å². The molecule has 4 N–H and O–H groups in total. The van der Waals surface area contributed by atoms with Crippen molar-refractivity contribution in [1.82, 2.24) is 5.32 Å². The van der Waals surface area contributed by atoms with Crippen molar-refractivity contribution in [2.75, 3.05) is 19.4 Å². The standard InChI is InChI=1S/C15H23ClN2O3.ClH/c1-4-9(5-2)13(19)8-18-15(20)10-6-11(16)12(17)7-14(10)21-3;/h6-7,9,13,19H,4-5,8,17H2,1-3H3,(H,18,20);1H. The third kappa shape index (κ3) is 5.23. The van der Waals surface area contributed by atoms with Crippen LogP contribution in [0.15, 0.2) is 12.1 Å². The Morgan fingerprint density at radius 2 is 2.00 bits per heavy atom. The number of nitrogens with two attached hydrogens (primary N) is 1. The van der Waals surface area contributed by atoms with Crippen molar-refractivity contribution in [3.63, 3.8) is 0 Å². The second-order valence-electron chi connectivity index (χ2n) is 4.93. The molecule has 0 aliphatic carbocycles. The summed E-state index contributed by atoms with van der Waals surface area (Å²) in [6, 6.07) is 2.98. The predicted molar refractivity (Wildman–Crippen MR) is 92.1 cm³/mol. The number of aliphatic hydroxyl groups is 1. The van der Waals surface area contributed by atoms with Gasteiger partial charge >= 0.3 is 0 Å². The fraction of sp³-hybridized carbons (Fsp3) is 0.533. The highest BCUT2D eigenvalue weighted by atomic mass is 35.5. The third-order valence-corrected chi connectivity index (χ3v) is 3.96. The molecule has 22 heavy (non-hydrogen) atoms. The molecule has 0 aliphatic heterocycles. The molecular formula is C15H24Cl2N2O3. The molecule has 0 aromatic heterocycles. The van der Waals surface area contributed by atoms with Crippen molar-refractivity contribution in [1.29, 1.82) is 0 Å². The van der Waals surface area contributed by atoms with E-state index in [-0.39, 0.29) is 30.8 Å². The summed E-state index contributed by atoms with van der Waals surface area (Å²) in [7, 11) is 1.46. The van der Waals surface area contributed by atoms with Crippen LogP contribution in [0.5, 0.6) is 5.75 Å². The number of rotatable bonds is 7. The van der Waals surface area contributed by atoms with Crippen LogP contribution in [0.2, 0.25) is 5.02 Å². The topological polar surface area (TPSA) is 84.6 Å². The molecule has 1 rings (SSSR count). The molecule has 1 aromatic rings. The summed E-state index contributed by atoms with van der Waals surface area (Å²) in [4.78, 5) is 12.2. The largest absolute Gasteiger partial charge is 0.496 e. The van der Waals surface area contributed by atoms with E-state index in [1.165, 1.54) is 19.2 Å². The second-order valence-corrected chi connectivity index (χ2v) is 5.34. The van der Waals surface area contributed by atoms with Crippen LogP contribution in [-0.4, -0.2) is 30.8 Å². The van der Waals surface area contributed by atoms with Crippen LogP contribution in [0.3, 0.4) is 0 Å². The van der Waals surface area contributed by atoms with Crippen LogP contribution in [0, 0.1) is 5.92 Å². The number of aliphatic hydroxyl groups excluding tert-OH is 1. The molecule has 0 bridgehead atoms. The van der Waals surface area contributed by atoms with Gasteiger partial charge in [0.15, 0.2) is 0 Å². The van der Waals surface area contributed by atoms with Gasteiger partial charge in [-0.25, -0.2) is 0 Å². The van der Waals surface area contributed by atoms with Gasteiger partial charge in [-0.2, -0.15) is 0 Å². The Hall–Kier alpha value is -1.17. The van der Waals surface area contributed by atoms with Gasteiger partial charge in [-0.3, -0.25) is 4.79 Å². The van der Waals surface area contributed by atoms with Crippen LogP contribution < -0.4 is 15.8 Å². The van der Waals surface area contributed by atoms with Gasteiger partial charge in [0.2, 0.25) is 0 Å². The van der Waals surface area contributed by atoms with Gasteiger partial charge in [0.05, 0.1) is 29.5 Å². The number of methoxy groups -OCH3 is 1. The predicted octanol–water partition coefficient (Wildman–Crippen LogP) is 2.88. The van der Waals surface area contributed by atoms with E-state index in [1.54, 1.807) is 0 Å². The SMILES string of the molecule is CCC(CC)C(O)CNC(=O)c1cc(Cl)c(N)cc1OC.Cl. The number of carbonyl (C=O) groups is 1. The molecule has 5 nitrogen and oxygen atoms in total. The first kappa shape index (κ1) is 20.8. The first-order valence-electron chi connectivity index (χ1n) is 7.03. The average Bonchev–Trinajstić information content (AvgIpc) is 2.48. The first-order valence-corrected chi connectivity index (χ1v) is 7.41. The van der Waals surface area contributed by atoms with E-state index in [2.05, 4.69) is 5.32 Å². The number of carbonyl (C=O) groups excluding carboxylic acids is 1. The molecule has 0 fully saturated rings. The van der Waals surface area contributed by atoms with Crippen molar-refractivity contribution >= 4 is 35.6 Å². The molecular weight excluding hydrogens is 327 g/mol. The monoisotopic (exact) mass is 350 g/mol. The average molecular weight is 351 g/mol. The van der Waals surface area contributed by atoms with Crippen molar-refractivity contribution in [2.24, 2.45) is 5.92 Å². The summed E-state index contributed by atoms with van der Waals surface area (Å²) < 4.78 is 5.14. The number of amides is 1. The Bertz CT molecular complexity index is 494. The smallest absolute Gasteiger partial charge is 0.255 e. The summed E-state index contributed by atoms with van der Waals surface area (Å²) >= 11 is 5.93. The maximum Gasteiger partial charge on any atom is 0.255 e. The third-order valence-electron chi connectivity index (χ3n) is 3.63. The number of nitrogens with one attached hydrogen (secondary N) is 1. The molecule has 1 amide bonds. The van der Waals surface area contributed by atoms with Crippen molar-refractivity contribution in [3.05, 3.63) is 22.7 Å². The van der Waals surface area contributed by atoms with E-state index in [9.17, 15) is 9.90 Å². The highest BCUT2D eigenvalue weighted by Crippen LogP contribution is 2.28. The number of hydrogen-bond acceptors (Lipinski definition) is 4. The Kier molecular flexibility index (Phi) is 9.25. The van der Waals surface area contributed by atoms with Crippen molar-refractivity contribution in [3.8, 4) is 5.75 Å². The zero-order chi connectivity index (χ0) is 16.0.